The number of rotatable bonds is 6. The molecular weight excluding hydrogens is 278 g/mol. The minimum Gasteiger partial charge on any atom is -0.322 e. The summed E-state index contributed by atoms with van der Waals surface area (Å²) in [5, 5.41) is 6.27. The first-order valence-electron chi connectivity index (χ1n) is 5.81. The summed E-state index contributed by atoms with van der Waals surface area (Å²) in [6.07, 6.45) is 0.992. The van der Waals surface area contributed by atoms with E-state index in [-0.39, 0.29) is 24.2 Å². The summed E-state index contributed by atoms with van der Waals surface area (Å²) in [6, 6.07) is -0.617. The minimum absolute atomic E-state index is 0. The minimum atomic E-state index is -2.48. The van der Waals surface area contributed by atoms with E-state index in [2.05, 4.69) is 10.4 Å². The zero-order valence-corrected chi connectivity index (χ0v) is 11.7. The van der Waals surface area contributed by atoms with Crippen LogP contribution in [-0.4, -0.2) is 28.2 Å². The molecule has 0 saturated carbocycles. The molecule has 1 rings (SSSR count). The molecule has 5 nitrogen and oxygen atoms in total. The van der Waals surface area contributed by atoms with Gasteiger partial charge in [-0.25, -0.2) is 8.78 Å². The normalized spacial score (nSPS) is 13.8. The summed E-state index contributed by atoms with van der Waals surface area (Å²) in [5.41, 5.74) is 6.12. The summed E-state index contributed by atoms with van der Waals surface area (Å²) in [4.78, 5) is 11.7. The molecule has 1 aromatic rings. The molecule has 0 radical (unpaired) electrons. The average molecular weight is 297 g/mol. The molecule has 1 heterocycles. The van der Waals surface area contributed by atoms with Crippen LogP contribution >= 0.6 is 12.4 Å². The summed E-state index contributed by atoms with van der Waals surface area (Å²) >= 11 is 0. The molecule has 0 bridgehead atoms. The number of hydrogen-bond acceptors (Lipinski definition) is 3. The fraction of sp³-hybridized carbons (Fsp3) is 0.636. The zero-order chi connectivity index (χ0) is 13.7. The third-order valence-electron chi connectivity index (χ3n) is 2.79. The highest BCUT2D eigenvalue weighted by molar-refractivity contribution is 5.94. The second-order valence-corrected chi connectivity index (χ2v) is 4.24. The number of alkyl halides is 2. The molecular formula is C11H19ClF2N4O. The summed E-state index contributed by atoms with van der Waals surface area (Å²) in [7, 11) is 0. The molecule has 0 fully saturated rings. The number of nitrogens with two attached hydrogens (primary N) is 1. The topological polar surface area (TPSA) is 72.9 Å². The van der Waals surface area contributed by atoms with Gasteiger partial charge in [0.05, 0.1) is 17.9 Å². The third-order valence-corrected chi connectivity index (χ3v) is 2.79. The predicted octanol–water partition coefficient (Wildman–Crippen LogP) is 1.88. The van der Waals surface area contributed by atoms with Crippen LogP contribution in [0.25, 0.3) is 0 Å². The van der Waals surface area contributed by atoms with Crippen LogP contribution in [-0.2, 0) is 11.3 Å². The van der Waals surface area contributed by atoms with Crippen molar-refractivity contribution in [3.63, 3.8) is 0 Å². The number of carbonyl (C=O) groups excluding carboxylic acids is 1. The van der Waals surface area contributed by atoms with Crippen molar-refractivity contribution in [3.8, 4) is 0 Å². The van der Waals surface area contributed by atoms with Crippen LogP contribution in [0.1, 0.15) is 20.3 Å². The Morgan fingerprint density at radius 1 is 1.58 bits per heavy atom. The number of amides is 1. The lowest BCUT2D eigenvalue weighted by Gasteiger charge is -2.16. The fourth-order valence-corrected chi connectivity index (χ4v) is 1.41. The van der Waals surface area contributed by atoms with Gasteiger partial charge in [0.1, 0.15) is 6.54 Å². The van der Waals surface area contributed by atoms with E-state index in [1.807, 2.05) is 13.8 Å². The van der Waals surface area contributed by atoms with Crippen LogP contribution in [0.5, 0.6) is 0 Å². The highest BCUT2D eigenvalue weighted by Crippen LogP contribution is 2.10. The van der Waals surface area contributed by atoms with Crippen LogP contribution in [0.2, 0.25) is 0 Å². The summed E-state index contributed by atoms with van der Waals surface area (Å²) in [6.45, 7) is 3.33. The lowest BCUT2D eigenvalue weighted by molar-refractivity contribution is -0.118. The summed E-state index contributed by atoms with van der Waals surface area (Å²) < 4.78 is 25.3. The van der Waals surface area contributed by atoms with Gasteiger partial charge in [-0.05, 0) is 5.92 Å². The molecule has 0 aromatic carbocycles. The molecule has 8 heteroatoms. The maximum Gasteiger partial charge on any atom is 0.257 e. The van der Waals surface area contributed by atoms with Crippen molar-refractivity contribution in [1.82, 2.24) is 9.78 Å². The molecule has 2 atom stereocenters. The first-order chi connectivity index (χ1) is 8.43. The van der Waals surface area contributed by atoms with Gasteiger partial charge in [0, 0.05) is 6.20 Å². The van der Waals surface area contributed by atoms with E-state index >= 15 is 0 Å². The van der Waals surface area contributed by atoms with E-state index in [0.29, 0.717) is 5.69 Å². The molecule has 0 aliphatic rings. The maximum atomic E-state index is 12.1. The maximum absolute atomic E-state index is 12.1. The van der Waals surface area contributed by atoms with Crippen LogP contribution in [0.15, 0.2) is 12.4 Å². The Labute approximate surface area is 116 Å². The summed E-state index contributed by atoms with van der Waals surface area (Å²) in [5.74, 6) is -0.276. The Morgan fingerprint density at radius 3 is 2.74 bits per heavy atom. The number of hydrogen-bond donors (Lipinski definition) is 2. The van der Waals surface area contributed by atoms with E-state index in [4.69, 9.17) is 5.73 Å². The van der Waals surface area contributed by atoms with E-state index in [9.17, 15) is 13.6 Å². The number of carbonyl (C=O) groups is 1. The van der Waals surface area contributed by atoms with E-state index < -0.39 is 19.0 Å². The van der Waals surface area contributed by atoms with E-state index in [0.717, 1.165) is 11.1 Å². The van der Waals surface area contributed by atoms with Gasteiger partial charge in [-0.3, -0.25) is 9.48 Å². The molecule has 0 aliphatic heterocycles. The highest BCUT2D eigenvalue weighted by atomic mass is 35.5. The fourth-order valence-electron chi connectivity index (χ4n) is 1.41. The third kappa shape index (κ3) is 5.52. The molecule has 0 saturated heterocycles. The van der Waals surface area contributed by atoms with Crippen molar-refractivity contribution in [3.05, 3.63) is 12.4 Å². The Morgan fingerprint density at radius 2 is 2.21 bits per heavy atom. The van der Waals surface area contributed by atoms with Crippen LogP contribution in [0.3, 0.4) is 0 Å². The van der Waals surface area contributed by atoms with Crippen molar-refractivity contribution >= 4 is 24.0 Å². The predicted molar refractivity (Wildman–Crippen MR) is 71.5 cm³/mol. The first-order valence-corrected chi connectivity index (χ1v) is 5.81. The Bertz CT molecular complexity index is 400. The zero-order valence-electron chi connectivity index (χ0n) is 10.8. The second kappa shape index (κ2) is 8.06. The van der Waals surface area contributed by atoms with Gasteiger partial charge in [0.25, 0.3) is 6.43 Å². The van der Waals surface area contributed by atoms with Crippen molar-refractivity contribution in [2.45, 2.75) is 39.3 Å². The number of halogens is 3. The van der Waals surface area contributed by atoms with Crippen molar-refractivity contribution in [2.24, 2.45) is 11.7 Å². The monoisotopic (exact) mass is 296 g/mol. The second-order valence-electron chi connectivity index (χ2n) is 4.24. The number of aromatic nitrogens is 2. The Balaban J connectivity index is 0.00000324. The number of anilines is 1. The molecule has 110 valence electrons. The van der Waals surface area contributed by atoms with Crippen LogP contribution < -0.4 is 11.1 Å². The molecule has 1 amide bonds. The average Bonchev–Trinajstić information content (AvgIpc) is 2.73. The molecule has 0 spiro atoms. The SMILES string of the molecule is CCC(C)C(N)C(=O)Nc1cnn(CC(F)F)c1.Cl. The van der Waals surface area contributed by atoms with Crippen molar-refractivity contribution < 1.29 is 13.6 Å². The van der Waals surface area contributed by atoms with Gasteiger partial charge in [-0.15, -0.1) is 12.4 Å². The van der Waals surface area contributed by atoms with E-state index in [1.165, 1.54) is 12.4 Å². The van der Waals surface area contributed by atoms with Gasteiger partial charge in [-0.2, -0.15) is 5.10 Å². The van der Waals surface area contributed by atoms with Gasteiger partial charge in [-0.1, -0.05) is 20.3 Å². The molecule has 0 aliphatic carbocycles. The Hall–Kier alpha value is -1.21. The largest absolute Gasteiger partial charge is 0.322 e. The standard InChI is InChI=1S/C11H18F2N4O.ClH/c1-3-7(2)10(14)11(18)16-8-4-15-17(5-8)6-9(12)13;/h4-5,7,9-10H,3,6,14H2,1-2H3,(H,16,18);1H. The van der Waals surface area contributed by atoms with Crippen molar-refractivity contribution in [1.29, 1.82) is 0 Å². The number of nitrogens with one attached hydrogen (secondary N) is 1. The molecule has 1 aromatic heterocycles. The molecule has 3 N–H and O–H groups in total. The van der Waals surface area contributed by atoms with Gasteiger partial charge in [0.15, 0.2) is 0 Å². The molecule has 19 heavy (non-hydrogen) atoms. The van der Waals surface area contributed by atoms with Crippen LogP contribution in [0.4, 0.5) is 14.5 Å². The molecule has 2 unspecified atom stereocenters. The first kappa shape index (κ1) is 17.8. The van der Waals surface area contributed by atoms with Gasteiger partial charge >= 0.3 is 0 Å². The number of nitrogens with zero attached hydrogens (tertiary/aromatic N) is 2. The smallest absolute Gasteiger partial charge is 0.257 e. The Kier molecular flexibility index (Phi) is 7.55. The lowest BCUT2D eigenvalue weighted by Crippen LogP contribution is -2.40. The van der Waals surface area contributed by atoms with Gasteiger partial charge in [0.2, 0.25) is 5.91 Å². The quantitative estimate of drug-likeness (QED) is 0.842. The van der Waals surface area contributed by atoms with Crippen molar-refractivity contribution in [2.75, 3.05) is 5.32 Å². The van der Waals surface area contributed by atoms with E-state index in [1.54, 1.807) is 0 Å². The highest BCUT2D eigenvalue weighted by Gasteiger charge is 2.19. The lowest BCUT2D eigenvalue weighted by atomic mass is 9.99. The van der Waals surface area contributed by atoms with Crippen LogP contribution in [0, 0.1) is 5.92 Å². The van der Waals surface area contributed by atoms with Gasteiger partial charge < -0.3 is 11.1 Å².